The van der Waals surface area contributed by atoms with E-state index < -0.39 is 55.1 Å². The van der Waals surface area contributed by atoms with E-state index in [2.05, 4.69) is 20.9 Å². The average molecular weight is 463 g/mol. The van der Waals surface area contributed by atoms with Gasteiger partial charge in [-0.1, -0.05) is 30.3 Å². The van der Waals surface area contributed by atoms with E-state index in [9.17, 15) is 29.1 Å². The summed E-state index contributed by atoms with van der Waals surface area (Å²) in [5.74, 6) is -3.01. The number of guanidine groups is 1. The number of imide groups is 1. The Bertz CT molecular complexity index is 918. The van der Waals surface area contributed by atoms with Crippen molar-refractivity contribution in [2.45, 2.75) is 25.1 Å². The molecule has 0 bridgehead atoms. The fraction of sp³-hybridized carbons (Fsp3) is 0.368. The maximum absolute atomic E-state index is 12.3. The molecule has 0 unspecified atom stereocenters. The molecular formula is C19H25N7O7. The molecule has 14 heteroatoms. The van der Waals surface area contributed by atoms with Crippen molar-refractivity contribution in [2.24, 2.45) is 16.5 Å². The lowest BCUT2D eigenvalue weighted by atomic mass is 10.2. The van der Waals surface area contributed by atoms with Gasteiger partial charge in [0.15, 0.2) is 5.96 Å². The number of benzene rings is 1. The molecule has 1 saturated heterocycles. The second-order valence-electron chi connectivity index (χ2n) is 6.92. The third kappa shape index (κ3) is 8.01. The first kappa shape index (κ1) is 24.9. The lowest BCUT2D eigenvalue weighted by Crippen LogP contribution is -2.50. The first-order chi connectivity index (χ1) is 15.7. The molecule has 1 aliphatic heterocycles. The number of ether oxygens (including phenoxy) is 1. The molecule has 2 rings (SSSR count). The van der Waals surface area contributed by atoms with Crippen molar-refractivity contribution in [2.75, 3.05) is 19.6 Å². The highest BCUT2D eigenvalue weighted by atomic mass is 16.5. The summed E-state index contributed by atoms with van der Waals surface area (Å²) in [6.07, 6.45) is -0.852. The number of aliphatic imine (C=N–C) groups is 1. The predicted octanol–water partition coefficient (Wildman–Crippen LogP) is -1.93. The van der Waals surface area contributed by atoms with Crippen LogP contribution in [0.2, 0.25) is 0 Å². The highest BCUT2D eigenvalue weighted by Gasteiger charge is 2.38. The molecule has 0 radical (unpaired) electrons. The number of carboxylic acid groups (broad SMARTS) is 1. The molecule has 1 aromatic carbocycles. The Morgan fingerprint density at radius 3 is 2.55 bits per heavy atom. The van der Waals surface area contributed by atoms with Crippen LogP contribution in [0.4, 0.5) is 9.59 Å². The van der Waals surface area contributed by atoms with Crippen LogP contribution in [0.25, 0.3) is 0 Å². The molecule has 0 spiro atoms. The first-order valence-electron chi connectivity index (χ1n) is 9.81. The summed E-state index contributed by atoms with van der Waals surface area (Å²) in [5.41, 5.74) is 11.1. The normalized spacial score (nSPS) is 15.9. The maximum Gasteiger partial charge on any atom is 0.408 e. The minimum absolute atomic E-state index is 0.0676. The number of amides is 5. The zero-order valence-corrected chi connectivity index (χ0v) is 17.5. The molecule has 0 saturated carbocycles. The third-order valence-electron chi connectivity index (χ3n) is 4.43. The van der Waals surface area contributed by atoms with Gasteiger partial charge in [-0.3, -0.25) is 19.5 Å². The fourth-order valence-corrected chi connectivity index (χ4v) is 2.77. The van der Waals surface area contributed by atoms with E-state index in [0.29, 0.717) is 10.5 Å². The topological polar surface area (TPSA) is 219 Å². The SMILES string of the molecule is NC(N)=NCC[C@@H]1NC(=O)N(CC(=O)NC[C@H](NC(=O)OCc2ccccc2)C(=O)O)C1=O. The molecule has 0 aliphatic carbocycles. The van der Waals surface area contributed by atoms with Gasteiger partial charge in [0.1, 0.15) is 25.2 Å². The summed E-state index contributed by atoms with van der Waals surface area (Å²) in [6, 6.07) is 5.59. The fourth-order valence-electron chi connectivity index (χ4n) is 2.77. The van der Waals surface area contributed by atoms with Crippen LogP contribution in [-0.4, -0.2) is 77.6 Å². The monoisotopic (exact) mass is 463 g/mol. The Labute approximate surface area is 188 Å². The molecule has 178 valence electrons. The van der Waals surface area contributed by atoms with E-state index in [0.717, 1.165) is 0 Å². The van der Waals surface area contributed by atoms with Gasteiger partial charge in [0.05, 0.1) is 0 Å². The molecule has 8 N–H and O–H groups in total. The van der Waals surface area contributed by atoms with Crippen LogP contribution < -0.4 is 27.4 Å². The van der Waals surface area contributed by atoms with E-state index >= 15 is 0 Å². The molecule has 1 heterocycles. The van der Waals surface area contributed by atoms with Crippen molar-refractivity contribution in [3.05, 3.63) is 35.9 Å². The number of carbonyl (C=O) groups is 5. The largest absolute Gasteiger partial charge is 0.480 e. The highest BCUT2D eigenvalue weighted by molar-refractivity contribution is 6.06. The Morgan fingerprint density at radius 1 is 1.21 bits per heavy atom. The molecule has 1 aliphatic rings. The quantitative estimate of drug-likeness (QED) is 0.122. The third-order valence-corrected chi connectivity index (χ3v) is 4.43. The van der Waals surface area contributed by atoms with Gasteiger partial charge >= 0.3 is 18.1 Å². The summed E-state index contributed by atoms with van der Waals surface area (Å²) in [6.45, 7) is -1.09. The molecule has 0 aromatic heterocycles. The first-order valence-corrected chi connectivity index (χ1v) is 9.81. The van der Waals surface area contributed by atoms with E-state index in [-0.39, 0.29) is 25.5 Å². The molecule has 5 amide bonds. The highest BCUT2D eigenvalue weighted by Crippen LogP contribution is 2.09. The molecule has 2 atom stereocenters. The average Bonchev–Trinajstić information content (AvgIpc) is 3.03. The minimum Gasteiger partial charge on any atom is -0.480 e. The number of nitrogens with zero attached hydrogens (tertiary/aromatic N) is 2. The van der Waals surface area contributed by atoms with Crippen molar-refractivity contribution in [3.8, 4) is 0 Å². The number of nitrogens with two attached hydrogens (primary N) is 2. The number of hydrogen-bond acceptors (Lipinski definition) is 7. The molecule has 1 fully saturated rings. The Morgan fingerprint density at radius 2 is 1.91 bits per heavy atom. The van der Waals surface area contributed by atoms with Crippen molar-refractivity contribution < 1.29 is 33.8 Å². The maximum atomic E-state index is 12.3. The summed E-state index contributed by atoms with van der Waals surface area (Å²) in [7, 11) is 0. The number of aliphatic carboxylic acids is 1. The van der Waals surface area contributed by atoms with E-state index in [1.807, 2.05) is 0 Å². The van der Waals surface area contributed by atoms with Gasteiger partial charge in [0.25, 0.3) is 5.91 Å². The second kappa shape index (κ2) is 11.9. The van der Waals surface area contributed by atoms with Gasteiger partial charge in [-0.2, -0.15) is 0 Å². The van der Waals surface area contributed by atoms with Gasteiger partial charge in [-0.05, 0) is 12.0 Å². The molecule has 1 aromatic rings. The van der Waals surface area contributed by atoms with E-state index in [1.54, 1.807) is 30.3 Å². The van der Waals surface area contributed by atoms with Crippen molar-refractivity contribution in [1.82, 2.24) is 20.9 Å². The molecular weight excluding hydrogens is 438 g/mol. The zero-order valence-electron chi connectivity index (χ0n) is 17.5. The zero-order chi connectivity index (χ0) is 24.4. The Kier molecular flexibility index (Phi) is 8.96. The lowest BCUT2D eigenvalue weighted by molar-refractivity contribution is -0.139. The van der Waals surface area contributed by atoms with Gasteiger partial charge < -0.3 is 37.3 Å². The smallest absolute Gasteiger partial charge is 0.408 e. The molecule has 33 heavy (non-hydrogen) atoms. The van der Waals surface area contributed by atoms with Gasteiger partial charge in [0.2, 0.25) is 5.91 Å². The lowest BCUT2D eigenvalue weighted by Gasteiger charge is -2.17. The van der Waals surface area contributed by atoms with E-state index in [4.69, 9.17) is 16.2 Å². The minimum atomic E-state index is -1.49. The number of carboxylic acids is 1. The van der Waals surface area contributed by atoms with Crippen LogP contribution in [0.1, 0.15) is 12.0 Å². The van der Waals surface area contributed by atoms with Crippen LogP contribution in [0.3, 0.4) is 0 Å². The number of nitrogens with one attached hydrogen (secondary N) is 3. The molecule has 14 nitrogen and oxygen atoms in total. The standard InChI is InChI=1S/C19H25N7O7/c20-17(21)22-7-6-12-15(28)26(18(31)24-12)9-14(27)23-8-13(16(29)30)25-19(32)33-10-11-4-2-1-3-5-11/h1-5,12-13H,6-10H2,(H,23,27)(H,24,31)(H,25,32)(H,29,30)(H4,20,21,22)/t12-,13-/m0/s1. The number of alkyl carbamates (subject to hydrolysis) is 1. The predicted molar refractivity (Wildman–Crippen MR) is 114 cm³/mol. The number of urea groups is 1. The van der Waals surface area contributed by atoms with E-state index in [1.165, 1.54) is 0 Å². The number of hydrogen-bond donors (Lipinski definition) is 6. The van der Waals surface area contributed by atoms with Gasteiger partial charge in [0, 0.05) is 13.1 Å². The van der Waals surface area contributed by atoms with Crippen LogP contribution >= 0.6 is 0 Å². The summed E-state index contributed by atoms with van der Waals surface area (Å²) in [4.78, 5) is 64.1. The summed E-state index contributed by atoms with van der Waals surface area (Å²) < 4.78 is 4.95. The Hall–Kier alpha value is -4.36. The van der Waals surface area contributed by atoms with Crippen LogP contribution in [0.15, 0.2) is 35.3 Å². The van der Waals surface area contributed by atoms with Gasteiger partial charge in [-0.25, -0.2) is 14.4 Å². The second-order valence-corrected chi connectivity index (χ2v) is 6.92. The number of rotatable bonds is 11. The Balaban J connectivity index is 1.80. The summed E-state index contributed by atoms with van der Waals surface area (Å²) in [5, 5.41) is 16.1. The van der Waals surface area contributed by atoms with Crippen molar-refractivity contribution in [3.63, 3.8) is 0 Å². The van der Waals surface area contributed by atoms with Crippen molar-refractivity contribution >= 4 is 35.9 Å². The van der Waals surface area contributed by atoms with Crippen LogP contribution in [-0.2, 0) is 25.7 Å². The van der Waals surface area contributed by atoms with Crippen LogP contribution in [0.5, 0.6) is 0 Å². The van der Waals surface area contributed by atoms with Crippen LogP contribution in [0, 0.1) is 0 Å². The van der Waals surface area contributed by atoms with Crippen molar-refractivity contribution in [1.29, 1.82) is 0 Å². The van der Waals surface area contributed by atoms with Gasteiger partial charge in [-0.15, -0.1) is 0 Å². The summed E-state index contributed by atoms with van der Waals surface area (Å²) >= 11 is 0. The number of carbonyl (C=O) groups excluding carboxylic acids is 4.